The van der Waals surface area contributed by atoms with E-state index < -0.39 is 0 Å². The predicted molar refractivity (Wildman–Crippen MR) is 87.5 cm³/mol. The van der Waals surface area contributed by atoms with Crippen molar-refractivity contribution in [1.82, 2.24) is 0 Å². The summed E-state index contributed by atoms with van der Waals surface area (Å²) in [5, 5.41) is 2.50. The van der Waals surface area contributed by atoms with Gasteiger partial charge in [0, 0.05) is 0 Å². The quantitative estimate of drug-likeness (QED) is 0.767. The van der Waals surface area contributed by atoms with Crippen LogP contribution < -0.4 is 10.5 Å². The van der Waals surface area contributed by atoms with Gasteiger partial charge in [-0.3, -0.25) is 0 Å². The summed E-state index contributed by atoms with van der Waals surface area (Å²) < 4.78 is 5.84. The number of nitrogens with two attached hydrogens (primary N) is 1. The second kappa shape index (κ2) is 6.42. The van der Waals surface area contributed by atoms with Crippen molar-refractivity contribution in [3.8, 4) is 5.75 Å². The summed E-state index contributed by atoms with van der Waals surface area (Å²) in [6, 6.07) is 23.0. The van der Waals surface area contributed by atoms with E-state index in [9.17, 15) is 0 Å². The topological polar surface area (TPSA) is 35.2 Å². The minimum Gasteiger partial charge on any atom is -0.489 e. The van der Waals surface area contributed by atoms with Gasteiger partial charge in [-0.05, 0) is 53.1 Å². The molecule has 0 spiro atoms. The lowest BCUT2D eigenvalue weighted by Gasteiger charge is -2.08. The van der Waals surface area contributed by atoms with E-state index >= 15 is 0 Å². The van der Waals surface area contributed by atoms with Gasteiger partial charge in [-0.15, -0.1) is 0 Å². The molecule has 0 radical (unpaired) electrons. The van der Waals surface area contributed by atoms with Crippen LogP contribution in [0, 0.1) is 0 Å². The highest BCUT2D eigenvalue weighted by Crippen LogP contribution is 2.18. The Hall–Kier alpha value is -2.32. The third-order valence-corrected chi connectivity index (χ3v) is 3.58. The summed E-state index contributed by atoms with van der Waals surface area (Å²) in [5.74, 6) is 0.893. The Kier molecular flexibility index (Phi) is 4.17. The molecule has 0 saturated carbocycles. The van der Waals surface area contributed by atoms with Gasteiger partial charge in [0.15, 0.2) is 0 Å². The van der Waals surface area contributed by atoms with Gasteiger partial charge in [0.1, 0.15) is 12.4 Å². The first kappa shape index (κ1) is 13.7. The van der Waals surface area contributed by atoms with Gasteiger partial charge < -0.3 is 10.5 Å². The van der Waals surface area contributed by atoms with Gasteiger partial charge in [-0.1, -0.05) is 48.5 Å². The molecule has 0 atom stereocenters. The standard InChI is InChI=1S/C19H19NO/c20-12-11-15-6-9-19(10-7-15)21-14-16-5-8-17-3-1-2-4-18(17)13-16/h1-10,13H,11-12,14,20H2. The summed E-state index contributed by atoms with van der Waals surface area (Å²) in [7, 11) is 0. The van der Waals surface area contributed by atoms with Gasteiger partial charge in [0.25, 0.3) is 0 Å². The minimum atomic E-state index is 0.584. The summed E-state index contributed by atoms with van der Waals surface area (Å²) in [4.78, 5) is 0. The van der Waals surface area contributed by atoms with E-state index in [1.807, 2.05) is 12.1 Å². The third-order valence-electron chi connectivity index (χ3n) is 3.58. The van der Waals surface area contributed by atoms with Crippen molar-refractivity contribution in [2.45, 2.75) is 13.0 Å². The molecule has 0 aliphatic heterocycles. The number of hydrogen-bond donors (Lipinski definition) is 1. The first-order valence-corrected chi connectivity index (χ1v) is 7.24. The summed E-state index contributed by atoms with van der Waals surface area (Å²) in [5.41, 5.74) is 7.97. The van der Waals surface area contributed by atoms with Crippen LogP contribution >= 0.6 is 0 Å². The highest BCUT2D eigenvalue weighted by molar-refractivity contribution is 5.82. The molecule has 0 aromatic heterocycles. The lowest BCUT2D eigenvalue weighted by Crippen LogP contribution is -2.02. The molecule has 106 valence electrons. The minimum absolute atomic E-state index is 0.584. The van der Waals surface area contributed by atoms with Crippen LogP contribution in [-0.4, -0.2) is 6.54 Å². The van der Waals surface area contributed by atoms with Crippen LogP contribution in [0.2, 0.25) is 0 Å². The second-order valence-corrected chi connectivity index (χ2v) is 5.15. The number of benzene rings is 3. The average molecular weight is 277 g/mol. The summed E-state index contributed by atoms with van der Waals surface area (Å²) in [6.07, 6.45) is 0.908. The molecule has 3 aromatic carbocycles. The van der Waals surface area contributed by atoms with Crippen molar-refractivity contribution in [3.63, 3.8) is 0 Å². The smallest absolute Gasteiger partial charge is 0.119 e. The molecule has 0 unspecified atom stereocenters. The molecular formula is C19H19NO. The molecule has 0 heterocycles. The number of ether oxygens (including phenoxy) is 1. The molecule has 2 nitrogen and oxygen atoms in total. The molecule has 0 bridgehead atoms. The largest absolute Gasteiger partial charge is 0.489 e. The van der Waals surface area contributed by atoms with Gasteiger partial charge in [-0.2, -0.15) is 0 Å². The van der Waals surface area contributed by atoms with Crippen molar-refractivity contribution >= 4 is 10.8 Å². The Morgan fingerprint density at radius 2 is 1.48 bits per heavy atom. The zero-order valence-electron chi connectivity index (χ0n) is 12.0. The maximum Gasteiger partial charge on any atom is 0.119 e. The van der Waals surface area contributed by atoms with E-state index in [0.717, 1.165) is 12.2 Å². The molecule has 2 N–H and O–H groups in total. The van der Waals surface area contributed by atoms with E-state index in [1.165, 1.54) is 21.9 Å². The highest BCUT2D eigenvalue weighted by atomic mass is 16.5. The van der Waals surface area contributed by atoms with Crippen molar-refractivity contribution in [3.05, 3.63) is 77.9 Å². The lowest BCUT2D eigenvalue weighted by atomic mass is 10.1. The van der Waals surface area contributed by atoms with E-state index in [4.69, 9.17) is 10.5 Å². The van der Waals surface area contributed by atoms with Gasteiger partial charge >= 0.3 is 0 Å². The van der Waals surface area contributed by atoms with Gasteiger partial charge in [0.2, 0.25) is 0 Å². The molecule has 2 heteroatoms. The molecule has 3 rings (SSSR count). The van der Waals surface area contributed by atoms with Crippen LogP contribution in [0.1, 0.15) is 11.1 Å². The predicted octanol–water partition coefficient (Wildman–Crippen LogP) is 3.92. The SMILES string of the molecule is NCCc1ccc(OCc2ccc3ccccc3c2)cc1. The zero-order valence-corrected chi connectivity index (χ0v) is 12.0. The number of fused-ring (bicyclic) bond motifs is 1. The Balaban J connectivity index is 1.68. The Morgan fingerprint density at radius 1 is 0.762 bits per heavy atom. The fraction of sp³-hybridized carbons (Fsp3) is 0.158. The molecule has 3 aromatic rings. The fourth-order valence-electron chi connectivity index (χ4n) is 2.41. The molecule has 0 saturated heterocycles. The van der Waals surface area contributed by atoms with Crippen molar-refractivity contribution < 1.29 is 4.74 Å². The lowest BCUT2D eigenvalue weighted by molar-refractivity contribution is 0.306. The Bertz CT molecular complexity index is 719. The maximum atomic E-state index is 5.84. The van der Waals surface area contributed by atoms with Crippen molar-refractivity contribution in [2.75, 3.05) is 6.54 Å². The molecule has 0 aliphatic rings. The Labute approximate surface area is 125 Å². The average Bonchev–Trinajstić information content (AvgIpc) is 2.54. The molecule has 0 fully saturated rings. The monoisotopic (exact) mass is 277 g/mol. The number of hydrogen-bond acceptors (Lipinski definition) is 2. The van der Waals surface area contributed by atoms with E-state index in [-0.39, 0.29) is 0 Å². The second-order valence-electron chi connectivity index (χ2n) is 5.15. The number of rotatable bonds is 5. The highest BCUT2D eigenvalue weighted by Gasteiger charge is 1.99. The van der Waals surface area contributed by atoms with E-state index in [0.29, 0.717) is 13.2 Å². The first-order chi connectivity index (χ1) is 10.3. The molecular weight excluding hydrogens is 258 g/mol. The van der Waals surface area contributed by atoms with Crippen LogP contribution in [0.3, 0.4) is 0 Å². The zero-order chi connectivity index (χ0) is 14.5. The molecule has 0 amide bonds. The van der Waals surface area contributed by atoms with Crippen LogP contribution in [0.4, 0.5) is 0 Å². The van der Waals surface area contributed by atoms with Crippen LogP contribution in [0.15, 0.2) is 66.7 Å². The van der Waals surface area contributed by atoms with Crippen molar-refractivity contribution in [1.29, 1.82) is 0 Å². The van der Waals surface area contributed by atoms with Gasteiger partial charge in [-0.25, -0.2) is 0 Å². The van der Waals surface area contributed by atoms with Crippen LogP contribution in [0.5, 0.6) is 5.75 Å². The van der Waals surface area contributed by atoms with Gasteiger partial charge in [0.05, 0.1) is 0 Å². The Morgan fingerprint density at radius 3 is 2.24 bits per heavy atom. The van der Waals surface area contributed by atoms with Crippen molar-refractivity contribution in [2.24, 2.45) is 5.73 Å². The maximum absolute atomic E-state index is 5.84. The summed E-state index contributed by atoms with van der Waals surface area (Å²) >= 11 is 0. The normalized spacial score (nSPS) is 10.7. The van der Waals surface area contributed by atoms with Crippen LogP contribution in [0.25, 0.3) is 10.8 Å². The van der Waals surface area contributed by atoms with E-state index in [2.05, 4.69) is 54.6 Å². The fourth-order valence-corrected chi connectivity index (χ4v) is 2.41. The first-order valence-electron chi connectivity index (χ1n) is 7.24. The summed E-state index contributed by atoms with van der Waals surface area (Å²) in [6.45, 7) is 1.26. The molecule has 0 aliphatic carbocycles. The van der Waals surface area contributed by atoms with Crippen LogP contribution in [-0.2, 0) is 13.0 Å². The third kappa shape index (κ3) is 3.41. The molecule has 21 heavy (non-hydrogen) atoms. The van der Waals surface area contributed by atoms with E-state index in [1.54, 1.807) is 0 Å².